The van der Waals surface area contributed by atoms with Crippen LogP contribution < -0.4 is 0 Å². The van der Waals surface area contributed by atoms with Gasteiger partial charge in [0.1, 0.15) is 0 Å². The van der Waals surface area contributed by atoms with Gasteiger partial charge in [-0.3, -0.25) is 0 Å². The van der Waals surface area contributed by atoms with E-state index >= 15 is 0 Å². The number of halogens is 1. The lowest BCUT2D eigenvalue weighted by atomic mass is 10.5. The molecule has 5 heteroatoms. The van der Waals surface area contributed by atoms with E-state index in [1.54, 1.807) is 0 Å². The summed E-state index contributed by atoms with van der Waals surface area (Å²) in [6.45, 7) is 2.28. The molecule has 0 amide bonds. The van der Waals surface area contributed by atoms with E-state index in [-0.39, 0.29) is 12.4 Å². The zero-order chi connectivity index (χ0) is 5.70. The van der Waals surface area contributed by atoms with E-state index < -0.39 is 10.5 Å². The topological polar surface area (TPSA) is 46.5 Å². The van der Waals surface area contributed by atoms with E-state index in [4.69, 9.17) is 0 Å². The number of nitrogens with zero attached hydrogens (tertiary/aromatic N) is 1. The van der Waals surface area contributed by atoms with Crippen molar-refractivity contribution in [2.45, 2.75) is 13.3 Å². The zero-order valence-corrected chi connectivity index (χ0v) is 6.13. The first-order chi connectivity index (χ1) is 3.27. The van der Waals surface area contributed by atoms with Gasteiger partial charge in [0.05, 0.1) is 6.54 Å². The van der Waals surface area contributed by atoms with E-state index in [1.807, 2.05) is 6.92 Å². The second kappa shape index (κ2) is 6.91. The fourth-order valence-corrected chi connectivity index (χ4v) is 0.497. The lowest BCUT2D eigenvalue weighted by Crippen LogP contribution is -1.70. The Morgan fingerprint density at radius 2 is 2.00 bits per heavy atom. The van der Waals surface area contributed by atoms with Crippen LogP contribution in [0.15, 0.2) is 4.36 Å². The molecule has 0 atom stereocenters. The van der Waals surface area contributed by atoms with E-state index in [0.717, 1.165) is 6.42 Å². The van der Waals surface area contributed by atoms with Crippen LogP contribution in [-0.2, 0) is 10.5 Å². The fraction of sp³-hybridized carbons (Fsp3) is 1.00. The van der Waals surface area contributed by atoms with Gasteiger partial charge in [-0.05, 0) is 6.42 Å². The van der Waals surface area contributed by atoms with Crippen molar-refractivity contribution < 1.29 is 8.42 Å². The Morgan fingerprint density at radius 1 is 1.50 bits per heavy atom. The molecule has 0 spiro atoms. The summed E-state index contributed by atoms with van der Waals surface area (Å²) in [6, 6.07) is 0. The molecule has 50 valence electrons. The highest BCUT2D eigenvalue weighted by atomic mass is 35.5. The largest absolute Gasteiger partial charge is 0.311 e. The predicted octanol–water partition coefficient (Wildman–Crippen LogP) is 0.881. The molecule has 0 rings (SSSR count). The molecule has 3 nitrogen and oxygen atoms in total. The van der Waals surface area contributed by atoms with Crippen LogP contribution in [0.4, 0.5) is 0 Å². The van der Waals surface area contributed by atoms with Crippen molar-refractivity contribution in [3.05, 3.63) is 0 Å². The Labute approximate surface area is 56.2 Å². The van der Waals surface area contributed by atoms with Gasteiger partial charge in [0, 0.05) is 0 Å². The second-order valence-corrected chi connectivity index (χ2v) is 1.76. The summed E-state index contributed by atoms with van der Waals surface area (Å²) < 4.78 is 22.3. The number of rotatable bonds is 2. The minimum absolute atomic E-state index is 0. The highest BCUT2D eigenvalue weighted by molar-refractivity contribution is 7.61. The third kappa shape index (κ3) is 9.32. The van der Waals surface area contributed by atoms with Gasteiger partial charge in [-0.2, -0.15) is 12.8 Å². The Hall–Kier alpha value is -0.0900. The average molecular weight is 158 g/mol. The highest BCUT2D eigenvalue weighted by Crippen LogP contribution is 1.73. The molecule has 0 N–H and O–H groups in total. The maximum atomic E-state index is 9.59. The predicted molar refractivity (Wildman–Crippen MR) is 33.8 cm³/mol. The molecule has 8 heavy (non-hydrogen) atoms. The Kier molecular flexibility index (Phi) is 9.34. The van der Waals surface area contributed by atoms with E-state index in [2.05, 4.69) is 4.36 Å². The van der Waals surface area contributed by atoms with Crippen LogP contribution in [0.3, 0.4) is 0 Å². The van der Waals surface area contributed by atoms with E-state index in [9.17, 15) is 8.42 Å². The third-order valence-corrected chi connectivity index (χ3v) is 0.814. The van der Waals surface area contributed by atoms with Gasteiger partial charge in [-0.1, -0.05) is 6.92 Å². The van der Waals surface area contributed by atoms with Crippen LogP contribution in [0.2, 0.25) is 0 Å². The molecule has 0 aromatic carbocycles. The summed E-state index contributed by atoms with van der Waals surface area (Å²) in [5, 5.41) is 0. The smallest absolute Gasteiger partial charge is 0.172 e. The van der Waals surface area contributed by atoms with Crippen LogP contribution in [0.25, 0.3) is 0 Å². The van der Waals surface area contributed by atoms with Crippen molar-refractivity contribution in [1.29, 1.82) is 0 Å². The first-order valence-corrected chi connectivity index (χ1v) is 3.07. The van der Waals surface area contributed by atoms with Gasteiger partial charge in [0.15, 0.2) is 0 Å². The molecule has 0 aromatic heterocycles. The lowest BCUT2D eigenvalue weighted by Gasteiger charge is -1.72. The monoisotopic (exact) mass is 157 g/mol. The van der Waals surface area contributed by atoms with Crippen molar-refractivity contribution >= 4 is 22.9 Å². The molecule has 0 aromatic rings. The zero-order valence-electron chi connectivity index (χ0n) is 4.49. The molecule has 0 fully saturated rings. The van der Waals surface area contributed by atoms with Crippen molar-refractivity contribution in [3.63, 3.8) is 0 Å². The maximum absolute atomic E-state index is 9.59. The number of hydrogen-bond donors (Lipinski definition) is 0. The Morgan fingerprint density at radius 3 is 2.12 bits per heavy atom. The highest BCUT2D eigenvalue weighted by Gasteiger charge is 1.70. The van der Waals surface area contributed by atoms with Crippen LogP contribution in [0, 0.1) is 0 Å². The molecule has 0 saturated carbocycles. The minimum atomic E-state index is -2.19. The molecule has 0 aliphatic rings. The summed E-state index contributed by atoms with van der Waals surface area (Å²) in [7, 11) is -2.19. The van der Waals surface area contributed by atoms with E-state index in [0.29, 0.717) is 6.54 Å². The lowest BCUT2D eigenvalue weighted by molar-refractivity contribution is 0.620. The fourth-order valence-electron chi connectivity index (χ4n) is 0.166. The summed E-state index contributed by atoms with van der Waals surface area (Å²) in [5.41, 5.74) is 0. The first kappa shape index (κ1) is 10.8. The van der Waals surface area contributed by atoms with Crippen LogP contribution >= 0.6 is 12.4 Å². The van der Waals surface area contributed by atoms with Gasteiger partial charge in [0.25, 0.3) is 0 Å². The molecule has 0 saturated heterocycles. The van der Waals surface area contributed by atoms with Crippen LogP contribution in [-0.4, -0.2) is 15.0 Å². The van der Waals surface area contributed by atoms with Gasteiger partial charge in [-0.15, -0.1) is 12.4 Å². The SMILES string of the molecule is CCCN=S(=O)=O.Cl. The first-order valence-electron chi connectivity index (χ1n) is 2.04. The summed E-state index contributed by atoms with van der Waals surface area (Å²) in [6.07, 6.45) is 0.786. The second-order valence-electron chi connectivity index (χ2n) is 1.07. The molecule has 0 unspecified atom stereocenters. The van der Waals surface area contributed by atoms with Crippen molar-refractivity contribution in [3.8, 4) is 0 Å². The molecular formula is C3H8ClNO2S. The van der Waals surface area contributed by atoms with Gasteiger partial charge >= 0.3 is 10.5 Å². The maximum Gasteiger partial charge on any atom is 0.311 e. The van der Waals surface area contributed by atoms with E-state index in [1.165, 1.54) is 0 Å². The molecule has 0 heterocycles. The normalized spacial score (nSPS) is 7.12. The molecule has 0 bridgehead atoms. The van der Waals surface area contributed by atoms with Crippen molar-refractivity contribution in [2.24, 2.45) is 4.36 Å². The molecule has 0 radical (unpaired) electrons. The Bertz CT molecular complexity index is 143. The molecular weight excluding hydrogens is 150 g/mol. The van der Waals surface area contributed by atoms with Crippen LogP contribution in [0.5, 0.6) is 0 Å². The summed E-state index contributed by atoms with van der Waals surface area (Å²) in [5.74, 6) is 0. The molecule has 0 aliphatic carbocycles. The third-order valence-electron chi connectivity index (χ3n) is 0.420. The van der Waals surface area contributed by atoms with Crippen molar-refractivity contribution in [1.82, 2.24) is 0 Å². The summed E-state index contributed by atoms with van der Waals surface area (Å²) in [4.78, 5) is 0. The minimum Gasteiger partial charge on any atom is -0.172 e. The van der Waals surface area contributed by atoms with Gasteiger partial charge in [-0.25, -0.2) is 0 Å². The van der Waals surface area contributed by atoms with Crippen LogP contribution in [0.1, 0.15) is 13.3 Å². The van der Waals surface area contributed by atoms with Gasteiger partial charge < -0.3 is 0 Å². The average Bonchev–Trinajstić information content (AvgIpc) is 1.61. The quantitative estimate of drug-likeness (QED) is 0.598. The van der Waals surface area contributed by atoms with Crippen molar-refractivity contribution in [2.75, 3.05) is 6.54 Å². The van der Waals surface area contributed by atoms with Gasteiger partial charge in [0.2, 0.25) is 0 Å². The molecule has 0 aliphatic heterocycles. The number of hydrogen-bond acceptors (Lipinski definition) is 3. The summed E-state index contributed by atoms with van der Waals surface area (Å²) >= 11 is 0. The Balaban J connectivity index is 0. The standard InChI is InChI=1S/C3H7NO2S.ClH/c1-2-3-4-7(5)6;/h2-3H2,1H3;1H.